The van der Waals surface area contributed by atoms with Gasteiger partial charge in [-0.25, -0.2) is 4.98 Å². The fraction of sp³-hybridized carbons (Fsp3) is 0.160. The molecule has 2 aromatic heterocycles. The molecule has 0 saturated heterocycles. The number of aryl methyl sites for hydroxylation is 3. The number of rotatable bonds is 5. The van der Waals surface area contributed by atoms with Crippen LogP contribution in [0.15, 0.2) is 63.5 Å². The van der Waals surface area contributed by atoms with Crippen LogP contribution in [0.1, 0.15) is 33.3 Å². The van der Waals surface area contributed by atoms with E-state index < -0.39 is 0 Å². The second-order valence-corrected chi connectivity index (χ2v) is 7.66. The molecule has 2 heterocycles. The molecule has 7 heteroatoms. The average molecular weight is 427 g/mol. The molecule has 7 nitrogen and oxygen atoms in total. The number of amides is 1. The molecular formula is C25H21N3O4. The standard InChI is InChI=1S/C25H21N3O4/c1-14-21(15(2)32-28-14)13-30-24-11-18-7-5-4-6-17(18)10-20(24)25(29)27-19-8-9-23-22(12-19)26-16(3)31-23/h4-12H,13H2,1-3H3,(H,27,29). The number of carbonyl (C=O) groups is 1. The molecule has 1 N–H and O–H groups in total. The Labute approximate surface area is 184 Å². The van der Waals surface area contributed by atoms with Crippen LogP contribution in [0.2, 0.25) is 0 Å². The first kappa shape index (κ1) is 19.8. The van der Waals surface area contributed by atoms with E-state index in [1.807, 2.05) is 50.2 Å². The third kappa shape index (κ3) is 3.69. The third-order valence-electron chi connectivity index (χ3n) is 5.40. The highest BCUT2D eigenvalue weighted by Gasteiger charge is 2.17. The summed E-state index contributed by atoms with van der Waals surface area (Å²) in [6.45, 7) is 5.75. The van der Waals surface area contributed by atoms with Gasteiger partial charge in [0.15, 0.2) is 11.5 Å². The number of oxazole rings is 1. The average Bonchev–Trinajstić information content (AvgIpc) is 3.31. The molecule has 0 saturated carbocycles. The zero-order valence-corrected chi connectivity index (χ0v) is 17.9. The number of nitrogens with one attached hydrogen (secondary N) is 1. The smallest absolute Gasteiger partial charge is 0.259 e. The van der Waals surface area contributed by atoms with E-state index in [2.05, 4.69) is 15.5 Å². The summed E-state index contributed by atoms with van der Waals surface area (Å²) in [4.78, 5) is 17.6. The van der Waals surface area contributed by atoms with Crippen LogP contribution in [0, 0.1) is 20.8 Å². The number of anilines is 1. The van der Waals surface area contributed by atoms with Crippen LogP contribution < -0.4 is 10.1 Å². The molecule has 0 atom stereocenters. The molecule has 0 aliphatic rings. The fourth-order valence-electron chi connectivity index (χ4n) is 3.69. The summed E-state index contributed by atoms with van der Waals surface area (Å²) in [5, 5.41) is 8.85. The lowest BCUT2D eigenvalue weighted by Crippen LogP contribution is -2.14. The number of ether oxygens (including phenoxy) is 1. The highest BCUT2D eigenvalue weighted by Crippen LogP contribution is 2.29. The molecule has 0 bridgehead atoms. The van der Waals surface area contributed by atoms with Crippen LogP contribution in [-0.4, -0.2) is 16.0 Å². The molecule has 0 spiro atoms. The third-order valence-corrected chi connectivity index (χ3v) is 5.40. The van der Waals surface area contributed by atoms with Crippen molar-refractivity contribution < 1.29 is 18.5 Å². The number of benzene rings is 3. The van der Waals surface area contributed by atoms with E-state index in [1.54, 1.807) is 25.1 Å². The van der Waals surface area contributed by atoms with Crippen molar-refractivity contribution in [3.63, 3.8) is 0 Å². The Bertz CT molecular complexity index is 1450. The normalized spacial score (nSPS) is 11.2. The molecular weight excluding hydrogens is 406 g/mol. The second-order valence-electron chi connectivity index (χ2n) is 7.66. The Morgan fingerprint density at radius 2 is 1.81 bits per heavy atom. The largest absolute Gasteiger partial charge is 0.488 e. The summed E-state index contributed by atoms with van der Waals surface area (Å²) in [5.41, 5.74) is 4.07. The van der Waals surface area contributed by atoms with E-state index in [-0.39, 0.29) is 12.5 Å². The Morgan fingerprint density at radius 3 is 2.56 bits per heavy atom. The molecule has 0 unspecified atom stereocenters. The van der Waals surface area contributed by atoms with E-state index >= 15 is 0 Å². The van der Waals surface area contributed by atoms with Crippen LogP contribution in [0.5, 0.6) is 5.75 Å². The molecule has 5 rings (SSSR count). The Hall–Kier alpha value is -4.13. The summed E-state index contributed by atoms with van der Waals surface area (Å²) >= 11 is 0. The van der Waals surface area contributed by atoms with Crippen molar-refractivity contribution in [2.75, 3.05) is 5.32 Å². The first-order chi connectivity index (χ1) is 15.5. The molecule has 0 fully saturated rings. The van der Waals surface area contributed by atoms with Gasteiger partial charge in [0, 0.05) is 12.6 Å². The van der Waals surface area contributed by atoms with E-state index in [1.165, 1.54) is 0 Å². The zero-order chi connectivity index (χ0) is 22.2. The van der Waals surface area contributed by atoms with Gasteiger partial charge in [-0.05, 0) is 55.0 Å². The van der Waals surface area contributed by atoms with E-state index in [0.717, 1.165) is 22.0 Å². The summed E-state index contributed by atoms with van der Waals surface area (Å²) in [7, 11) is 0. The van der Waals surface area contributed by atoms with Gasteiger partial charge in [0.2, 0.25) is 0 Å². The van der Waals surface area contributed by atoms with Gasteiger partial charge in [-0.2, -0.15) is 0 Å². The Balaban J connectivity index is 1.48. The minimum atomic E-state index is -0.274. The maximum atomic E-state index is 13.2. The van der Waals surface area contributed by atoms with Crippen molar-refractivity contribution in [1.82, 2.24) is 10.1 Å². The Morgan fingerprint density at radius 1 is 1.03 bits per heavy atom. The van der Waals surface area contributed by atoms with Crippen molar-refractivity contribution >= 4 is 33.5 Å². The van der Waals surface area contributed by atoms with Gasteiger partial charge in [0.05, 0.1) is 16.8 Å². The maximum Gasteiger partial charge on any atom is 0.259 e. The van der Waals surface area contributed by atoms with E-state index in [0.29, 0.717) is 39.8 Å². The lowest BCUT2D eigenvalue weighted by molar-refractivity contribution is 0.102. The molecule has 32 heavy (non-hydrogen) atoms. The van der Waals surface area contributed by atoms with Crippen LogP contribution in [-0.2, 0) is 6.61 Å². The van der Waals surface area contributed by atoms with E-state index in [9.17, 15) is 4.79 Å². The van der Waals surface area contributed by atoms with Gasteiger partial charge in [0.1, 0.15) is 23.6 Å². The molecule has 1 amide bonds. The monoisotopic (exact) mass is 427 g/mol. The van der Waals surface area contributed by atoms with Crippen LogP contribution in [0.4, 0.5) is 5.69 Å². The highest BCUT2D eigenvalue weighted by molar-refractivity contribution is 6.09. The maximum absolute atomic E-state index is 13.2. The van der Waals surface area contributed by atoms with Gasteiger partial charge in [-0.1, -0.05) is 29.4 Å². The van der Waals surface area contributed by atoms with E-state index in [4.69, 9.17) is 13.7 Å². The second kappa shape index (κ2) is 7.85. The number of nitrogens with zero attached hydrogens (tertiary/aromatic N) is 2. The first-order valence-corrected chi connectivity index (χ1v) is 10.2. The van der Waals surface area contributed by atoms with Crippen LogP contribution in [0.25, 0.3) is 21.9 Å². The van der Waals surface area contributed by atoms with Crippen molar-refractivity contribution in [2.45, 2.75) is 27.4 Å². The zero-order valence-electron chi connectivity index (χ0n) is 17.9. The lowest BCUT2D eigenvalue weighted by atomic mass is 10.0. The van der Waals surface area contributed by atoms with Gasteiger partial charge in [-0.3, -0.25) is 4.79 Å². The van der Waals surface area contributed by atoms with Gasteiger partial charge in [-0.15, -0.1) is 0 Å². The topological polar surface area (TPSA) is 90.4 Å². The number of carbonyl (C=O) groups excluding carboxylic acids is 1. The predicted octanol–water partition coefficient (Wildman–Crippen LogP) is 5.73. The molecule has 0 aliphatic heterocycles. The fourth-order valence-corrected chi connectivity index (χ4v) is 3.69. The molecule has 0 radical (unpaired) electrons. The summed E-state index contributed by atoms with van der Waals surface area (Å²) in [5.74, 6) is 1.49. The lowest BCUT2D eigenvalue weighted by Gasteiger charge is -2.13. The SMILES string of the molecule is Cc1nc2cc(NC(=O)c3cc4ccccc4cc3OCc3c(C)noc3C)ccc2o1. The number of hydrogen-bond acceptors (Lipinski definition) is 6. The van der Waals surface area contributed by atoms with Crippen molar-refractivity contribution in [1.29, 1.82) is 0 Å². The summed E-state index contributed by atoms with van der Waals surface area (Å²) < 4.78 is 16.8. The minimum Gasteiger partial charge on any atom is -0.488 e. The first-order valence-electron chi connectivity index (χ1n) is 10.2. The van der Waals surface area contributed by atoms with Gasteiger partial charge >= 0.3 is 0 Å². The van der Waals surface area contributed by atoms with Crippen molar-refractivity contribution in [3.05, 3.63) is 83.1 Å². The molecule has 3 aromatic carbocycles. The number of fused-ring (bicyclic) bond motifs is 2. The molecule has 160 valence electrons. The Kier molecular flexibility index (Phi) is 4.86. The van der Waals surface area contributed by atoms with Crippen molar-refractivity contribution in [2.24, 2.45) is 0 Å². The minimum absolute atomic E-state index is 0.254. The highest BCUT2D eigenvalue weighted by atomic mass is 16.5. The van der Waals surface area contributed by atoms with Crippen LogP contribution in [0.3, 0.4) is 0 Å². The van der Waals surface area contributed by atoms with Gasteiger partial charge in [0.25, 0.3) is 5.91 Å². The number of hydrogen-bond donors (Lipinski definition) is 1. The van der Waals surface area contributed by atoms with Crippen molar-refractivity contribution in [3.8, 4) is 5.75 Å². The number of aromatic nitrogens is 2. The quantitative estimate of drug-likeness (QED) is 0.385. The van der Waals surface area contributed by atoms with Gasteiger partial charge < -0.3 is 19.0 Å². The molecule has 5 aromatic rings. The van der Waals surface area contributed by atoms with Crippen LogP contribution >= 0.6 is 0 Å². The predicted molar refractivity (Wildman–Crippen MR) is 121 cm³/mol. The molecule has 0 aliphatic carbocycles. The summed E-state index contributed by atoms with van der Waals surface area (Å²) in [6, 6.07) is 16.9. The summed E-state index contributed by atoms with van der Waals surface area (Å²) in [6.07, 6.45) is 0.